The SMILES string of the molecule is O=C(CCCc1c[nH]c2ccccc12)NN1C(=O)NC2(CCCCC2)C1=O. The number of fused-ring (bicyclic) bond motifs is 1. The molecule has 2 heterocycles. The van der Waals surface area contributed by atoms with Gasteiger partial charge in [0.05, 0.1) is 0 Å². The second-order valence-electron chi connectivity index (χ2n) is 7.46. The van der Waals surface area contributed by atoms with Crippen LogP contribution in [0.2, 0.25) is 0 Å². The Hall–Kier alpha value is -2.83. The van der Waals surface area contributed by atoms with Crippen LogP contribution in [0, 0.1) is 0 Å². The molecule has 4 amide bonds. The first kappa shape index (κ1) is 17.6. The van der Waals surface area contributed by atoms with Crippen LogP contribution in [0.3, 0.4) is 0 Å². The number of nitrogens with one attached hydrogen (secondary N) is 3. The number of aromatic amines is 1. The molecule has 1 aromatic heterocycles. The Balaban J connectivity index is 1.31. The lowest BCUT2D eigenvalue weighted by atomic mass is 9.82. The molecule has 0 atom stereocenters. The molecule has 142 valence electrons. The molecular weight excluding hydrogens is 344 g/mol. The summed E-state index contributed by atoms with van der Waals surface area (Å²) in [7, 11) is 0. The van der Waals surface area contributed by atoms with Gasteiger partial charge in [-0.15, -0.1) is 0 Å². The number of urea groups is 1. The molecule has 27 heavy (non-hydrogen) atoms. The molecule has 7 heteroatoms. The van der Waals surface area contributed by atoms with E-state index in [2.05, 4.69) is 21.8 Å². The number of benzene rings is 1. The van der Waals surface area contributed by atoms with Crippen LogP contribution in [0.5, 0.6) is 0 Å². The Morgan fingerprint density at radius 2 is 1.93 bits per heavy atom. The largest absolute Gasteiger partial charge is 0.361 e. The average molecular weight is 368 g/mol. The highest BCUT2D eigenvalue weighted by Crippen LogP contribution is 2.33. The molecule has 0 radical (unpaired) electrons. The van der Waals surface area contributed by atoms with E-state index in [1.165, 1.54) is 0 Å². The predicted molar refractivity (Wildman–Crippen MR) is 101 cm³/mol. The molecule has 1 aliphatic heterocycles. The minimum absolute atomic E-state index is 0.254. The maximum Gasteiger partial charge on any atom is 0.344 e. The maximum atomic E-state index is 12.7. The fourth-order valence-corrected chi connectivity index (χ4v) is 4.17. The van der Waals surface area contributed by atoms with Gasteiger partial charge < -0.3 is 10.3 Å². The number of imide groups is 1. The van der Waals surface area contributed by atoms with Gasteiger partial charge >= 0.3 is 6.03 Å². The molecule has 1 saturated carbocycles. The number of amides is 4. The Morgan fingerprint density at radius 3 is 2.74 bits per heavy atom. The molecule has 1 spiro atoms. The number of aryl methyl sites for hydroxylation is 1. The molecule has 1 saturated heterocycles. The van der Waals surface area contributed by atoms with Crippen LogP contribution < -0.4 is 10.7 Å². The molecule has 0 unspecified atom stereocenters. The zero-order valence-corrected chi connectivity index (χ0v) is 15.2. The maximum absolute atomic E-state index is 12.7. The highest BCUT2D eigenvalue weighted by molar-refractivity contribution is 6.08. The first-order valence-electron chi connectivity index (χ1n) is 9.60. The Kier molecular flexibility index (Phi) is 4.59. The lowest BCUT2D eigenvalue weighted by Crippen LogP contribution is -2.50. The molecule has 1 aliphatic carbocycles. The van der Waals surface area contributed by atoms with Gasteiger partial charge in [-0.05, 0) is 37.3 Å². The Labute approximate surface area is 157 Å². The smallest absolute Gasteiger partial charge is 0.344 e. The first-order valence-corrected chi connectivity index (χ1v) is 9.60. The van der Waals surface area contributed by atoms with E-state index in [0.29, 0.717) is 19.3 Å². The van der Waals surface area contributed by atoms with Gasteiger partial charge in [0, 0.05) is 23.5 Å². The van der Waals surface area contributed by atoms with Gasteiger partial charge in [-0.25, -0.2) is 4.79 Å². The van der Waals surface area contributed by atoms with Crippen molar-refractivity contribution in [1.82, 2.24) is 20.7 Å². The third-order valence-corrected chi connectivity index (χ3v) is 5.63. The number of carbonyl (C=O) groups is 3. The topological polar surface area (TPSA) is 94.3 Å². The number of rotatable bonds is 5. The highest BCUT2D eigenvalue weighted by atomic mass is 16.2. The monoisotopic (exact) mass is 368 g/mol. The Morgan fingerprint density at radius 1 is 1.15 bits per heavy atom. The summed E-state index contributed by atoms with van der Waals surface area (Å²) in [5, 5.41) is 4.82. The van der Waals surface area contributed by atoms with Crippen LogP contribution in [-0.2, 0) is 16.0 Å². The standard InChI is InChI=1S/C20H24N4O3/c25-17(10-6-7-14-13-21-16-9-3-2-8-15(14)16)23-24-18(26)20(22-19(24)27)11-4-1-5-12-20/h2-3,8-9,13,21H,1,4-7,10-12H2,(H,22,27)(H,23,25). The summed E-state index contributed by atoms with van der Waals surface area (Å²) >= 11 is 0. The summed E-state index contributed by atoms with van der Waals surface area (Å²) in [6.07, 6.45) is 7.80. The van der Waals surface area contributed by atoms with E-state index in [1.807, 2.05) is 24.4 Å². The van der Waals surface area contributed by atoms with Crippen molar-refractivity contribution >= 4 is 28.7 Å². The van der Waals surface area contributed by atoms with Crippen LogP contribution in [0.4, 0.5) is 4.79 Å². The molecule has 2 fully saturated rings. The Bertz CT molecular complexity index is 882. The third kappa shape index (κ3) is 3.29. The number of hydrazine groups is 1. The summed E-state index contributed by atoms with van der Waals surface area (Å²) < 4.78 is 0. The van der Waals surface area contributed by atoms with E-state index >= 15 is 0 Å². The number of carbonyl (C=O) groups excluding carboxylic acids is 3. The second kappa shape index (κ2) is 7.06. The van der Waals surface area contributed by atoms with Crippen LogP contribution in [0.25, 0.3) is 10.9 Å². The van der Waals surface area contributed by atoms with Crippen LogP contribution in [-0.4, -0.2) is 33.4 Å². The van der Waals surface area contributed by atoms with Crippen molar-refractivity contribution in [2.75, 3.05) is 0 Å². The van der Waals surface area contributed by atoms with Crippen LogP contribution >= 0.6 is 0 Å². The van der Waals surface area contributed by atoms with Crippen molar-refractivity contribution in [2.24, 2.45) is 0 Å². The van der Waals surface area contributed by atoms with Crippen molar-refractivity contribution in [3.63, 3.8) is 0 Å². The van der Waals surface area contributed by atoms with Gasteiger partial charge in [-0.3, -0.25) is 15.0 Å². The van der Waals surface area contributed by atoms with E-state index in [-0.39, 0.29) is 18.2 Å². The van der Waals surface area contributed by atoms with Crippen LogP contribution in [0.15, 0.2) is 30.5 Å². The lowest BCUT2D eigenvalue weighted by molar-refractivity contribution is -0.139. The van der Waals surface area contributed by atoms with Crippen molar-refractivity contribution in [3.8, 4) is 0 Å². The number of aromatic nitrogens is 1. The van der Waals surface area contributed by atoms with Gasteiger partial charge in [0.1, 0.15) is 5.54 Å². The highest BCUT2D eigenvalue weighted by Gasteiger charge is 2.52. The summed E-state index contributed by atoms with van der Waals surface area (Å²) in [5.41, 5.74) is 3.92. The van der Waals surface area contributed by atoms with Crippen LogP contribution in [0.1, 0.15) is 50.5 Å². The van der Waals surface area contributed by atoms with E-state index < -0.39 is 11.6 Å². The van der Waals surface area contributed by atoms with Gasteiger partial charge in [-0.1, -0.05) is 37.5 Å². The van der Waals surface area contributed by atoms with Crippen molar-refractivity contribution in [2.45, 2.75) is 56.9 Å². The van der Waals surface area contributed by atoms with Crippen molar-refractivity contribution in [3.05, 3.63) is 36.0 Å². The molecule has 1 aromatic carbocycles. The number of para-hydroxylation sites is 1. The van der Waals surface area contributed by atoms with Gasteiger partial charge in [0.15, 0.2) is 0 Å². The average Bonchev–Trinajstić information content (AvgIpc) is 3.18. The summed E-state index contributed by atoms with van der Waals surface area (Å²) in [6.45, 7) is 0. The van der Waals surface area contributed by atoms with Gasteiger partial charge in [-0.2, -0.15) is 5.01 Å². The molecule has 4 rings (SSSR count). The molecule has 2 aromatic rings. The van der Waals surface area contributed by atoms with Crippen molar-refractivity contribution < 1.29 is 14.4 Å². The lowest BCUT2D eigenvalue weighted by Gasteiger charge is -2.30. The number of H-pyrrole nitrogens is 1. The fraction of sp³-hybridized carbons (Fsp3) is 0.450. The van der Waals surface area contributed by atoms with E-state index in [9.17, 15) is 14.4 Å². The quantitative estimate of drug-likeness (QED) is 0.708. The van der Waals surface area contributed by atoms with E-state index in [0.717, 1.165) is 47.2 Å². The molecule has 3 N–H and O–H groups in total. The minimum Gasteiger partial charge on any atom is -0.361 e. The first-order chi connectivity index (χ1) is 13.1. The predicted octanol–water partition coefficient (Wildman–Crippen LogP) is 2.78. The molecule has 7 nitrogen and oxygen atoms in total. The van der Waals surface area contributed by atoms with Gasteiger partial charge in [0.2, 0.25) is 5.91 Å². The van der Waals surface area contributed by atoms with Crippen molar-refractivity contribution in [1.29, 1.82) is 0 Å². The number of hydrogen-bond acceptors (Lipinski definition) is 3. The summed E-state index contributed by atoms with van der Waals surface area (Å²) in [4.78, 5) is 40.3. The summed E-state index contributed by atoms with van der Waals surface area (Å²) in [5.74, 6) is -0.636. The van der Waals surface area contributed by atoms with E-state index in [4.69, 9.17) is 0 Å². The number of nitrogens with zero attached hydrogens (tertiary/aromatic N) is 1. The zero-order valence-electron chi connectivity index (χ0n) is 15.2. The normalized spacial score (nSPS) is 18.9. The minimum atomic E-state index is -0.813. The van der Waals surface area contributed by atoms with Gasteiger partial charge in [0.25, 0.3) is 5.91 Å². The third-order valence-electron chi connectivity index (χ3n) is 5.63. The van der Waals surface area contributed by atoms with E-state index in [1.54, 1.807) is 0 Å². The molecular formula is C20H24N4O3. The fourth-order valence-electron chi connectivity index (χ4n) is 4.17. The molecule has 0 bridgehead atoms. The zero-order chi connectivity index (χ0) is 18.9. The summed E-state index contributed by atoms with van der Waals surface area (Å²) in [6, 6.07) is 7.52. The number of hydrogen-bond donors (Lipinski definition) is 3. The second-order valence-corrected chi connectivity index (χ2v) is 7.46. The molecule has 2 aliphatic rings.